The summed E-state index contributed by atoms with van der Waals surface area (Å²) in [4.78, 5) is 22.6. The van der Waals surface area contributed by atoms with Crippen LogP contribution in [-0.2, 0) is 19.6 Å². The summed E-state index contributed by atoms with van der Waals surface area (Å²) in [6.45, 7) is 1.02. The highest BCUT2D eigenvalue weighted by molar-refractivity contribution is 7.89. The maximum absolute atomic E-state index is 12.7. The molecule has 0 aromatic heterocycles. The average molecular weight is 342 g/mol. The lowest BCUT2D eigenvalue weighted by Crippen LogP contribution is -2.41. The van der Waals surface area contributed by atoms with Crippen LogP contribution in [0.25, 0.3) is 0 Å². The first-order valence-corrected chi connectivity index (χ1v) is 8.54. The number of carboxylic acids is 1. The van der Waals surface area contributed by atoms with Crippen molar-refractivity contribution in [2.24, 2.45) is 0 Å². The highest BCUT2D eigenvalue weighted by atomic mass is 32.2. The zero-order valence-corrected chi connectivity index (χ0v) is 13.2. The van der Waals surface area contributed by atoms with Crippen LogP contribution in [0.2, 0.25) is 0 Å². The molecule has 23 heavy (non-hydrogen) atoms. The number of nitrogens with one attached hydrogen (secondary N) is 1. The van der Waals surface area contributed by atoms with Crippen molar-refractivity contribution >= 4 is 21.9 Å². The van der Waals surface area contributed by atoms with Crippen molar-refractivity contribution in [3.05, 3.63) is 29.8 Å². The van der Waals surface area contributed by atoms with E-state index in [1.807, 2.05) is 0 Å². The van der Waals surface area contributed by atoms with Gasteiger partial charge in [-0.1, -0.05) is 12.1 Å². The van der Waals surface area contributed by atoms with Gasteiger partial charge in [0.25, 0.3) is 5.91 Å². The zero-order chi connectivity index (χ0) is 16.9. The van der Waals surface area contributed by atoms with E-state index >= 15 is 0 Å². The Labute approximate surface area is 134 Å². The van der Waals surface area contributed by atoms with E-state index in [0.29, 0.717) is 13.2 Å². The van der Waals surface area contributed by atoms with Gasteiger partial charge in [0, 0.05) is 19.6 Å². The van der Waals surface area contributed by atoms with Gasteiger partial charge in [-0.05, 0) is 12.1 Å². The molecular weight excluding hydrogens is 324 g/mol. The van der Waals surface area contributed by atoms with E-state index < -0.39 is 21.9 Å². The third-order valence-corrected chi connectivity index (χ3v) is 5.30. The summed E-state index contributed by atoms with van der Waals surface area (Å²) in [5.74, 6) is -1.65. The van der Waals surface area contributed by atoms with Crippen molar-refractivity contribution < 1.29 is 27.9 Å². The topological polar surface area (TPSA) is 113 Å². The van der Waals surface area contributed by atoms with Crippen LogP contribution >= 0.6 is 0 Å². The predicted octanol–water partition coefficient (Wildman–Crippen LogP) is -0.0880. The molecule has 0 saturated carbocycles. The number of ether oxygens (including phenoxy) is 1. The Kier molecular flexibility index (Phi) is 5.69. The molecule has 8 nitrogen and oxygen atoms in total. The number of morpholine rings is 1. The molecule has 0 radical (unpaired) electrons. The second kappa shape index (κ2) is 7.53. The molecule has 1 saturated heterocycles. The fourth-order valence-corrected chi connectivity index (χ4v) is 3.78. The Bertz CT molecular complexity index is 682. The number of carbonyl (C=O) groups excluding carboxylic acids is 1. The first-order valence-electron chi connectivity index (χ1n) is 7.10. The largest absolute Gasteiger partial charge is 0.481 e. The monoisotopic (exact) mass is 342 g/mol. The van der Waals surface area contributed by atoms with Gasteiger partial charge in [-0.25, -0.2) is 8.42 Å². The van der Waals surface area contributed by atoms with Crippen molar-refractivity contribution in [2.75, 3.05) is 32.8 Å². The fraction of sp³-hybridized carbons (Fsp3) is 0.429. The molecule has 2 rings (SSSR count). The first-order chi connectivity index (χ1) is 10.9. The van der Waals surface area contributed by atoms with Gasteiger partial charge < -0.3 is 15.2 Å². The molecule has 2 N–H and O–H groups in total. The van der Waals surface area contributed by atoms with Crippen molar-refractivity contribution in [3.8, 4) is 0 Å². The molecule has 0 aliphatic carbocycles. The van der Waals surface area contributed by atoms with E-state index in [1.165, 1.54) is 16.4 Å². The molecule has 1 aliphatic rings. The van der Waals surface area contributed by atoms with Crippen LogP contribution in [0, 0.1) is 0 Å². The number of carbonyl (C=O) groups is 2. The summed E-state index contributed by atoms with van der Waals surface area (Å²) >= 11 is 0. The van der Waals surface area contributed by atoms with E-state index in [0.717, 1.165) is 0 Å². The molecule has 0 spiro atoms. The quantitative estimate of drug-likeness (QED) is 0.747. The number of amides is 1. The van der Waals surface area contributed by atoms with Crippen LogP contribution in [0.5, 0.6) is 0 Å². The molecular formula is C14H18N2O6S. The van der Waals surface area contributed by atoms with Gasteiger partial charge in [-0.2, -0.15) is 4.31 Å². The summed E-state index contributed by atoms with van der Waals surface area (Å²) < 4.78 is 31.8. The van der Waals surface area contributed by atoms with Gasteiger partial charge in [-0.3, -0.25) is 9.59 Å². The van der Waals surface area contributed by atoms with Gasteiger partial charge in [0.2, 0.25) is 10.0 Å². The molecule has 1 fully saturated rings. The SMILES string of the molecule is O=C(O)CCNC(=O)c1ccccc1S(=O)(=O)N1CCOCC1. The number of rotatable bonds is 6. The maximum atomic E-state index is 12.7. The molecule has 1 amide bonds. The molecule has 0 bridgehead atoms. The molecule has 9 heteroatoms. The summed E-state index contributed by atoms with van der Waals surface area (Å²) in [6.07, 6.45) is -0.232. The number of aliphatic carboxylic acids is 1. The third-order valence-electron chi connectivity index (χ3n) is 3.34. The minimum absolute atomic E-state index is 0.00406. The van der Waals surface area contributed by atoms with Gasteiger partial charge >= 0.3 is 5.97 Å². The lowest BCUT2D eigenvalue weighted by Gasteiger charge is -2.26. The molecule has 0 unspecified atom stereocenters. The Morgan fingerprint density at radius 3 is 2.52 bits per heavy atom. The molecule has 126 valence electrons. The highest BCUT2D eigenvalue weighted by Gasteiger charge is 2.29. The minimum Gasteiger partial charge on any atom is -0.481 e. The van der Waals surface area contributed by atoms with E-state index in [1.54, 1.807) is 12.1 Å². The minimum atomic E-state index is -3.80. The van der Waals surface area contributed by atoms with Crippen molar-refractivity contribution in [1.82, 2.24) is 9.62 Å². The third kappa shape index (κ3) is 4.27. The van der Waals surface area contributed by atoms with Crippen LogP contribution in [0.1, 0.15) is 16.8 Å². The van der Waals surface area contributed by atoms with Crippen LogP contribution in [0.4, 0.5) is 0 Å². The second-order valence-electron chi connectivity index (χ2n) is 4.91. The maximum Gasteiger partial charge on any atom is 0.305 e. The lowest BCUT2D eigenvalue weighted by atomic mass is 10.2. The first kappa shape index (κ1) is 17.4. The Hall–Kier alpha value is -1.97. The summed E-state index contributed by atoms with van der Waals surface area (Å²) in [6, 6.07) is 5.88. The van der Waals surface area contributed by atoms with Crippen molar-refractivity contribution in [2.45, 2.75) is 11.3 Å². The summed E-state index contributed by atoms with van der Waals surface area (Å²) in [7, 11) is -3.80. The standard InChI is InChI=1S/C14H18N2O6S/c17-13(18)5-6-15-14(19)11-3-1-2-4-12(11)23(20,21)16-7-9-22-10-8-16/h1-4H,5-10H2,(H,15,19)(H,17,18). The smallest absolute Gasteiger partial charge is 0.305 e. The molecule has 1 aromatic carbocycles. The second-order valence-corrected chi connectivity index (χ2v) is 6.82. The Balaban J connectivity index is 2.22. The number of carboxylic acid groups (broad SMARTS) is 1. The van der Waals surface area contributed by atoms with Crippen LogP contribution in [0.15, 0.2) is 29.2 Å². The normalized spacial score (nSPS) is 16.0. The van der Waals surface area contributed by atoms with E-state index in [-0.39, 0.29) is 36.5 Å². The Morgan fingerprint density at radius 2 is 1.87 bits per heavy atom. The fourth-order valence-electron chi connectivity index (χ4n) is 2.18. The predicted molar refractivity (Wildman–Crippen MR) is 80.6 cm³/mol. The zero-order valence-electron chi connectivity index (χ0n) is 12.4. The van der Waals surface area contributed by atoms with Gasteiger partial charge in [0.1, 0.15) is 0 Å². The number of hydrogen-bond donors (Lipinski definition) is 2. The summed E-state index contributed by atoms with van der Waals surface area (Å²) in [5.41, 5.74) is 0.00406. The average Bonchev–Trinajstić information content (AvgIpc) is 2.55. The van der Waals surface area contributed by atoms with Crippen molar-refractivity contribution in [1.29, 1.82) is 0 Å². The van der Waals surface area contributed by atoms with Crippen LogP contribution < -0.4 is 5.32 Å². The molecule has 1 aromatic rings. The van der Waals surface area contributed by atoms with Crippen LogP contribution in [-0.4, -0.2) is 62.6 Å². The van der Waals surface area contributed by atoms with E-state index in [4.69, 9.17) is 9.84 Å². The van der Waals surface area contributed by atoms with E-state index in [2.05, 4.69) is 5.32 Å². The summed E-state index contributed by atoms with van der Waals surface area (Å²) in [5, 5.41) is 11.0. The molecule has 1 aliphatic heterocycles. The Morgan fingerprint density at radius 1 is 1.22 bits per heavy atom. The lowest BCUT2D eigenvalue weighted by molar-refractivity contribution is -0.136. The van der Waals surface area contributed by atoms with Crippen molar-refractivity contribution in [3.63, 3.8) is 0 Å². The number of sulfonamides is 1. The number of benzene rings is 1. The number of hydrogen-bond acceptors (Lipinski definition) is 5. The van der Waals surface area contributed by atoms with Gasteiger partial charge in [0.05, 0.1) is 30.1 Å². The van der Waals surface area contributed by atoms with Crippen LogP contribution in [0.3, 0.4) is 0 Å². The van der Waals surface area contributed by atoms with E-state index in [9.17, 15) is 18.0 Å². The van der Waals surface area contributed by atoms with Gasteiger partial charge in [-0.15, -0.1) is 0 Å². The molecule has 1 heterocycles. The van der Waals surface area contributed by atoms with Gasteiger partial charge in [0.15, 0.2) is 0 Å². The molecule has 0 atom stereocenters. The highest BCUT2D eigenvalue weighted by Crippen LogP contribution is 2.21. The number of nitrogens with zero attached hydrogens (tertiary/aromatic N) is 1.